The lowest BCUT2D eigenvalue weighted by Gasteiger charge is -2.23. The van der Waals surface area contributed by atoms with E-state index in [2.05, 4.69) is 5.32 Å². The summed E-state index contributed by atoms with van der Waals surface area (Å²) in [6.07, 6.45) is 1.95. The molecule has 0 aliphatic rings. The maximum Gasteiger partial charge on any atom is 0.309 e. The van der Waals surface area contributed by atoms with Crippen molar-refractivity contribution in [3.05, 3.63) is 0 Å². The normalized spacial score (nSPS) is 16.6. The summed E-state index contributed by atoms with van der Waals surface area (Å²) in [7, 11) is 0. The summed E-state index contributed by atoms with van der Waals surface area (Å²) in [4.78, 5) is 11.3. The van der Waals surface area contributed by atoms with Gasteiger partial charge in [0.05, 0.1) is 18.1 Å². The molecule has 0 fully saturated rings. The van der Waals surface area contributed by atoms with E-state index in [-0.39, 0.29) is 11.9 Å². The number of hydrogen-bond acceptors (Lipinski definition) is 5. The van der Waals surface area contributed by atoms with Gasteiger partial charge in [-0.05, 0) is 20.1 Å². The van der Waals surface area contributed by atoms with Crippen molar-refractivity contribution in [1.82, 2.24) is 5.32 Å². The van der Waals surface area contributed by atoms with Crippen LogP contribution in [0.25, 0.3) is 0 Å². The predicted octanol–water partition coefficient (Wildman–Crippen LogP) is 0.889. The molecule has 4 nitrogen and oxygen atoms in total. The molecule has 96 valence electrons. The minimum absolute atomic E-state index is 0.176. The number of carbonyl (C=O) groups excluding carboxylic acids is 1. The Hall–Kier alpha value is -0.260. The van der Waals surface area contributed by atoms with Crippen LogP contribution in [-0.2, 0) is 9.53 Å². The van der Waals surface area contributed by atoms with Crippen LogP contribution in [0.4, 0.5) is 0 Å². The summed E-state index contributed by atoms with van der Waals surface area (Å²) >= 11 is 1.60. The van der Waals surface area contributed by atoms with E-state index in [4.69, 9.17) is 4.74 Å². The molecule has 2 atom stereocenters. The average molecular weight is 249 g/mol. The number of hydrogen-bond donors (Lipinski definition) is 2. The Kier molecular flexibility index (Phi) is 7.80. The number of aliphatic hydroxyl groups is 1. The summed E-state index contributed by atoms with van der Waals surface area (Å²) in [5.41, 5.74) is -0.728. The fourth-order valence-electron chi connectivity index (χ4n) is 1.29. The highest BCUT2D eigenvalue weighted by atomic mass is 32.2. The summed E-state index contributed by atoms with van der Waals surface area (Å²) in [6, 6.07) is 0. The lowest BCUT2D eigenvalue weighted by Crippen LogP contribution is -2.42. The first-order chi connectivity index (χ1) is 7.43. The van der Waals surface area contributed by atoms with Crippen molar-refractivity contribution < 1.29 is 14.6 Å². The molecule has 0 rings (SSSR count). The molecule has 0 aliphatic carbocycles. The van der Waals surface area contributed by atoms with E-state index in [0.29, 0.717) is 25.4 Å². The topological polar surface area (TPSA) is 58.6 Å². The first kappa shape index (κ1) is 15.7. The Labute approximate surface area is 102 Å². The van der Waals surface area contributed by atoms with Gasteiger partial charge in [0.2, 0.25) is 0 Å². The molecular formula is C11H23NO3S. The molecular weight excluding hydrogens is 226 g/mol. The Morgan fingerprint density at radius 3 is 2.75 bits per heavy atom. The number of nitrogens with one attached hydrogen (secondary N) is 1. The number of thioether (sulfide) groups is 1. The lowest BCUT2D eigenvalue weighted by molar-refractivity contribution is -0.147. The first-order valence-electron chi connectivity index (χ1n) is 5.51. The maximum absolute atomic E-state index is 11.3. The second-order valence-electron chi connectivity index (χ2n) is 4.21. The maximum atomic E-state index is 11.3. The largest absolute Gasteiger partial charge is 0.466 e. The van der Waals surface area contributed by atoms with Crippen LogP contribution in [0.15, 0.2) is 0 Å². The third kappa shape index (κ3) is 7.09. The van der Waals surface area contributed by atoms with Gasteiger partial charge in [-0.25, -0.2) is 0 Å². The van der Waals surface area contributed by atoms with Gasteiger partial charge in [0.1, 0.15) is 0 Å². The Morgan fingerprint density at radius 2 is 2.25 bits per heavy atom. The quantitative estimate of drug-likeness (QED) is 0.626. The molecule has 0 heterocycles. The zero-order valence-electron chi connectivity index (χ0n) is 10.6. The van der Waals surface area contributed by atoms with Gasteiger partial charge in [-0.3, -0.25) is 4.79 Å². The number of rotatable bonds is 8. The van der Waals surface area contributed by atoms with Crippen LogP contribution in [0, 0.1) is 5.92 Å². The summed E-state index contributed by atoms with van der Waals surface area (Å²) in [5.74, 6) is 0.304. The van der Waals surface area contributed by atoms with Gasteiger partial charge in [0.25, 0.3) is 0 Å². The molecule has 0 saturated heterocycles. The zero-order valence-corrected chi connectivity index (χ0v) is 11.4. The highest BCUT2D eigenvalue weighted by Crippen LogP contribution is 2.09. The van der Waals surface area contributed by atoms with Crippen molar-refractivity contribution in [2.45, 2.75) is 26.4 Å². The third-order valence-electron chi connectivity index (χ3n) is 2.10. The van der Waals surface area contributed by atoms with Crippen molar-refractivity contribution in [2.75, 3.05) is 31.7 Å². The molecule has 0 spiro atoms. The van der Waals surface area contributed by atoms with Gasteiger partial charge in [0.15, 0.2) is 0 Å². The fraction of sp³-hybridized carbons (Fsp3) is 0.909. The minimum atomic E-state index is -0.728. The molecule has 0 saturated carbocycles. The van der Waals surface area contributed by atoms with Gasteiger partial charge < -0.3 is 15.2 Å². The van der Waals surface area contributed by atoms with Crippen molar-refractivity contribution in [3.8, 4) is 0 Å². The van der Waals surface area contributed by atoms with Crippen LogP contribution in [0.5, 0.6) is 0 Å². The third-order valence-corrected chi connectivity index (χ3v) is 3.01. The fourth-order valence-corrected chi connectivity index (χ4v) is 2.01. The Morgan fingerprint density at radius 1 is 1.62 bits per heavy atom. The van der Waals surface area contributed by atoms with Crippen LogP contribution < -0.4 is 5.32 Å². The van der Waals surface area contributed by atoms with E-state index in [0.717, 1.165) is 0 Å². The standard InChI is InChI=1S/C11H23NO3S/c1-5-15-10(13)9(2)6-12-7-11(3,14)8-16-4/h9,12,14H,5-8H2,1-4H3. The van der Waals surface area contributed by atoms with E-state index in [9.17, 15) is 9.90 Å². The Bertz CT molecular complexity index is 209. The van der Waals surface area contributed by atoms with Crippen LogP contribution in [0.2, 0.25) is 0 Å². The molecule has 0 bridgehead atoms. The molecule has 0 radical (unpaired) electrons. The Balaban J connectivity index is 3.76. The molecule has 0 aromatic carbocycles. The van der Waals surface area contributed by atoms with Crippen molar-refractivity contribution >= 4 is 17.7 Å². The molecule has 2 unspecified atom stereocenters. The molecule has 16 heavy (non-hydrogen) atoms. The second-order valence-corrected chi connectivity index (χ2v) is 5.08. The van der Waals surface area contributed by atoms with E-state index in [1.54, 1.807) is 25.6 Å². The minimum Gasteiger partial charge on any atom is -0.466 e. The van der Waals surface area contributed by atoms with Crippen LogP contribution in [0.1, 0.15) is 20.8 Å². The van der Waals surface area contributed by atoms with Crippen molar-refractivity contribution in [3.63, 3.8) is 0 Å². The number of esters is 1. The average Bonchev–Trinajstić information content (AvgIpc) is 2.17. The van der Waals surface area contributed by atoms with E-state index >= 15 is 0 Å². The SMILES string of the molecule is CCOC(=O)C(C)CNCC(C)(O)CSC. The zero-order chi connectivity index (χ0) is 12.6. The molecule has 0 aliphatic heterocycles. The van der Waals surface area contributed by atoms with Crippen LogP contribution in [-0.4, -0.2) is 48.4 Å². The number of carbonyl (C=O) groups is 1. The van der Waals surface area contributed by atoms with Crippen molar-refractivity contribution in [1.29, 1.82) is 0 Å². The van der Waals surface area contributed by atoms with E-state index < -0.39 is 5.60 Å². The molecule has 0 aromatic rings. The highest BCUT2D eigenvalue weighted by Gasteiger charge is 2.20. The molecule has 5 heteroatoms. The van der Waals surface area contributed by atoms with Gasteiger partial charge in [0, 0.05) is 18.8 Å². The monoisotopic (exact) mass is 249 g/mol. The first-order valence-corrected chi connectivity index (χ1v) is 6.91. The molecule has 0 aromatic heterocycles. The predicted molar refractivity (Wildman–Crippen MR) is 67.7 cm³/mol. The summed E-state index contributed by atoms with van der Waals surface area (Å²) < 4.78 is 4.89. The van der Waals surface area contributed by atoms with Crippen LogP contribution in [0.3, 0.4) is 0 Å². The molecule has 2 N–H and O–H groups in total. The van der Waals surface area contributed by atoms with Gasteiger partial charge in [-0.15, -0.1) is 0 Å². The van der Waals surface area contributed by atoms with E-state index in [1.165, 1.54) is 0 Å². The lowest BCUT2D eigenvalue weighted by atomic mass is 10.1. The van der Waals surface area contributed by atoms with Crippen molar-refractivity contribution in [2.24, 2.45) is 5.92 Å². The van der Waals surface area contributed by atoms with E-state index in [1.807, 2.05) is 13.2 Å². The highest BCUT2D eigenvalue weighted by molar-refractivity contribution is 7.98. The van der Waals surface area contributed by atoms with Gasteiger partial charge in [-0.2, -0.15) is 11.8 Å². The second kappa shape index (κ2) is 7.92. The van der Waals surface area contributed by atoms with Crippen LogP contribution >= 0.6 is 11.8 Å². The smallest absolute Gasteiger partial charge is 0.309 e. The molecule has 0 amide bonds. The van der Waals surface area contributed by atoms with Gasteiger partial charge >= 0.3 is 5.97 Å². The van der Waals surface area contributed by atoms with Gasteiger partial charge in [-0.1, -0.05) is 6.92 Å². The summed E-state index contributed by atoms with van der Waals surface area (Å²) in [5, 5.41) is 13.0. The summed E-state index contributed by atoms with van der Waals surface area (Å²) in [6.45, 7) is 6.81. The number of ether oxygens (including phenoxy) is 1.